The Bertz CT molecular complexity index is 783. The minimum Gasteiger partial charge on any atom is -0.462 e. The van der Waals surface area contributed by atoms with Crippen molar-refractivity contribution in [1.82, 2.24) is 0 Å². The highest BCUT2D eigenvalue weighted by Crippen LogP contribution is 2.33. The van der Waals surface area contributed by atoms with Crippen molar-refractivity contribution < 1.29 is 14.3 Å². The number of anilines is 1. The van der Waals surface area contributed by atoms with E-state index in [0.717, 1.165) is 10.4 Å². The molecule has 0 saturated carbocycles. The number of esters is 1. The Kier molecular flexibility index (Phi) is 5.68. The zero-order chi connectivity index (χ0) is 18.8. The highest BCUT2D eigenvalue weighted by Gasteiger charge is 2.22. The molecule has 0 unspecified atom stereocenters. The number of hydrogen-bond donors (Lipinski definition) is 1. The topological polar surface area (TPSA) is 55.4 Å². The number of ether oxygens (including phenoxy) is 1. The van der Waals surface area contributed by atoms with Gasteiger partial charge in [0.1, 0.15) is 5.00 Å². The van der Waals surface area contributed by atoms with Gasteiger partial charge in [-0.3, -0.25) is 4.79 Å². The number of carbonyl (C=O) groups excluding carboxylic acids is 2. The Hall–Kier alpha value is -2.14. The van der Waals surface area contributed by atoms with Gasteiger partial charge in [0.2, 0.25) is 0 Å². The van der Waals surface area contributed by atoms with Crippen molar-refractivity contribution in [3.05, 3.63) is 51.4 Å². The first-order valence-corrected chi connectivity index (χ1v) is 9.15. The van der Waals surface area contributed by atoms with Gasteiger partial charge in [-0.25, -0.2) is 4.79 Å². The van der Waals surface area contributed by atoms with Crippen molar-refractivity contribution in [3.8, 4) is 0 Å². The van der Waals surface area contributed by atoms with Gasteiger partial charge in [0, 0.05) is 10.4 Å². The highest BCUT2D eigenvalue weighted by atomic mass is 32.1. The zero-order valence-electron chi connectivity index (χ0n) is 15.6. The second-order valence-corrected chi connectivity index (χ2v) is 8.21. The first-order chi connectivity index (χ1) is 11.6. The molecule has 5 heteroatoms. The summed E-state index contributed by atoms with van der Waals surface area (Å²) in [6, 6.07) is 7.55. The molecule has 4 nitrogen and oxygen atoms in total. The number of benzene rings is 1. The van der Waals surface area contributed by atoms with Gasteiger partial charge in [-0.05, 0) is 49.4 Å². The first kappa shape index (κ1) is 19.2. The van der Waals surface area contributed by atoms with Crippen molar-refractivity contribution in [2.75, 3.05) is 11.9 Å². The average molecular weight is 359 g/mol. The fourth-order valence-electron chi connectivity index (χ4n) is 2.46. The van der Waals surface area contributed by atoms with Crippen LogP contribution in [0.15, 0.2) is 24.3 Å². The largest absolute Gasteiger partial charge is 0.462 e. The molecule has 2 rings (SSSR count). The van der Waals surface area contributed by atoms with Gasteiger partial charge in [0.25, 0.3) is 5.91 Å². The molecule has 0 saturated heterocycles. The van der Waals surface area contributed by atoms with E-state index in [1.165, 1.54) is 16.9 Å². The number of aryl methyl sites for hydroxylation is 1. The van der Waals surface area contributed by atoms with Gasteiger partial charge in [0.15, 0.2) is 0 Å². The fourth-order valence-corrected chi connectivity index (χ4v) is 3.50. The van der Waals surface area contributed by atoms with Gasteiger partial charge < -0.3 is 10.1 Å². The predicted molar refractivity (Wildman–Crippen MR) is 103 cm³/mol. The number of nitrogens with one attached hydrogen (secondary N) is 1. The third kappa shape index (κ3) is 4.28. The summed E-state index contributed by atoms with van der Waals surface area (Å²) in [6.07, 6.45) is 0. The van der Waals surface area contributed by atoms with E-state index in [2.05, 4.69) is 26.1 Å². The van der Waals surface area contributed by atoms with E-state index in [-0.39, 0.29) is 11.3 Å². The molecule has 1 amide bonds. The molecule has 1 heterocycles. The van der Waals surface area contributed by atoms with Crippen LogP contribution in [-0.2, 0) is 10.2 Å². The molecule has 134 valence electrons. The Morgan fingerprint density at radius 2 is 1.72 bits per heavy atom. The lowest BCUT2D eigenvalue weighted by atomic mass is 9.87. The Morgan fingerprint density at radius 1 is 1.12 bits per heavy atom. The number of rotatable bonds is 4. The van der Waals surface area contributed by atoms with E-state index in [9.17, 15) is 9.59 Å². The molecular weight excluding hydrogens is 334 g/mol. The van der Waals surface area contributed by atoms with Crippen LogP contribution in [0.3, 0.4) is 0 Å². The number of thiophene rings is 1. The third-order valence-corrected chi connectivity index (χ3v) is 5.23. The molecule has 1 aromatic heterocycles. The molecular formula is C20H25NO3S. The van der Waals surface area contributed by atoms with Crippen molar-refractivity contribution in [3.63, 3.8) is 0 Å². The van der Waals surface area contributed by atoms with E-state index in [4.69, 9.17) is 4.74 Å². The van der Waals surface area contributed by atoms with Crippen LogP contribution in [0, 0.1) is 13.8 Å². The first-order valence-electron chi connectivity index (χ1n) is 8.34. The molecule has 2 aromatic rings. The maximum Gasteiger partial charge on any atom is 0.341 e. The molecule has 1 aromatic carbocycles. The third-order valence-electron chi connectivity index (χ3n) is 4.11. The van der Waals surface area contributed by atoms with Crippen LogP contribution in [0.1, 0.15) is 64.4 Å². The lowest BCUT2D eigenvalue weighted by Gasteiger charge is -2.19. The molecule has 0 aliphatic carbocycles. The van der Waals surface area contributed by atoms with Crippen molar-refractivity contribution in [2.24, 2.45) is 0 Å². The molecule has 0 aliphatic rings. The van der Waals surface area contributed by atoms with Crippen molar-refractivity contribution >= 4 is 28.2 Å². The predicted octanol–water partition coefficient (Wildman–Crippen LogP) is 5.09. The Labute approximate surface area is 153 Å². The quantitative estimate of drug-likeness (QED) is 0.774. The summed E-state index contributed by atoms with van der Waals surface area (Å²) in [6.45, 7) is 12.2. The van der Waals surface area contributed by atoms with Crippen LogP contribution in [0.5, 0.6) is 0 Å². The van der Waals surface area contributed by atoms with Gasteiger partial charge in [-0.2, -0.15) is 0 Å². The normalized spacial score (nSPS) is 11.3. The molecule has 0 radical (unpaired) electrons. The maximum atomic E-state index is 12.6. The highest BCUT2D eigenvalue weighted by molar-refractivity contribution is 7.16. The van der Waals surface area contributed by atoms with E-state index in [1.54, 1.807) is 6.92 Å². The van der Waals surface area contributed by atoms with E-state index >= 15 is 0 Å². The Balaban J connectivity index is 2.26. The summed E-state index contributed by atoms with van der Waals surface area (Å²) in [5.74, 6) is -0.630. The standard InChI is InChI=1S/C20H25NO3S/c1-7-24-19(23)16-12(2)13(3)25-18(16)21-17(22)14-8-10-15(11-9-14)20(4,5)6/h8-11H,7H2,1-6H3,(H,21,22). The Morgan fingerprint density at radius 3 is 2.24 bits per heavy atom. The molecule has 25 heavy (non-hydrogen) atoms. The lowest BCUT2D eigenvalue weighted by Crippen LogP contribution is -2.16. The second-order valence-electron chi connectivity index (χ2n) is 6.99. The monoisotopic (exact) mass is 359 g/mol. The van der Waals surface area contributed by atoms with Crippen LogP contribution in [-0.4, -0.2) is 18.5 Å². The number of hydrogen-bond acceptors (Lipinski definition) is 4. The van der Waals surface area contributed by atoms with E-state index in [0.29, 0.717) is 22.7 Å². The minimum atomic E-state index is -0.400. The minimum absolute atomic E-state index is 0.0358. The molecule has 0 fully saturated rings. The summed E-state index contributed by atoms with van der Waals surface area (Å²) in [7, 11) is 0. The zero-order valence-corrected chi connectivity index (χ0v) is 16.5. The molecule has 0 aliphatic heterocycles. The van der Waals surface area contributed by atoms with Crippen molar-refractivity contribution in [1.29, 1.82) is 0 Å². The maximum absolute atomic E-state index is 12.6. The summed E-state index contributed by atoms with van der Waals surface area (Å²) in [5, 5.41) is 3.40. The van der Waals surface area contributed by atoms with Gasteiger partial charge in [-0.1, -0.05) is 32.9 Å². The second kappa shape index (κ2) is 7.40. The summed E-state index contributed by atoms with van der Waals surface area (Å²) >= 11 is 1.39. The smallest absolute Gasteiger partial charge is 0.341 e. The fraction of sp³-hybridized carbons (Fsp3) is 0.400. The van der Waals surface area contributed by atoms with Crippen LogP contribution in [0.4, 0.5) is 5.00 Å². The van der Waals surface area contributed by atoms with Crippen LogP contribution >= 0.6 is 11.3 Å². The van der Waals surface area contributed by atoms with Crippen LogP contribution in [0.25, 0.3) is 0 Å². The number of amides is 1. The number of carbonyl (C=O) groups is 2. The van der Waals surface area contributed by atoms with Crippen molar-refractivity contribution in [2.45, 2.75) is 47.0 Å². The van der Waals surface area contributed by atoms with E-state index < -0.39 is 5.97 Å². The van der Waals surface area contributed by atoms with E-state index in [1.807, 2.05) is 38.1 Å². The van der Waals surface area contributed by atoms with Gasteiger partial charge in [-0.15, -0.1) is 11.3 Å². The summed E-state index contributed by atoms with van der Waals surface area (Å²) < 4.78 is 5.12. The lowest BCUT2D eigenvalue weighted by molar-refractivity contribution is 0.0527. The average Bonchev–Trinajstić information content (AvgIpc) is 2.81. The summed E-state index contributed by atoms with van der Waals surface area (Å²) in [4.78, 5) is 25.8. The summed E-state index contributed by atoms with van der Waals surface area (Å²) in [5.41, 5.74) is 3.06. The van der Waals surface area contributed by atoms with Crippen LogP contribution < -0.4 is 5.32 Å². The van der Waals surface area contributed by atoms with Gasteiger partial charge in [0.05, 0.1) is 12.2 Å². The van der Waals surface area contributed by atoms with Crippen LogP contribution in [0.2, 0.25) is 0 Å². The molecule has 0 bridgehead atoms. The molecule has 0 spiro atoms. The molecule has 0 atom stereocenters. The van der Waals surface area contributed by atoms with Gasteiger partial charge >= 0.3 is 5.97 Å². The molecule has 1 N–H and O–H groups in total. The SMILES string of the molecule is CCOC(=O)c1c(NC(=O)c2ccc(C(C)(C)C)cc2)sc(C)c1C.